The summed E-state index contributed by atoms with van der Waals surface area (Å²) in [5, 5.41) is 6.52. The van der Waals surface area contributed by atoms with Crippen molar-refractivity contribution in [1.82, 2.24) is 10.3 Å². The van der Waals surface area contributed by atoms with Crippen LogP contribution in [0.5, 0.6) is 5.75 Å². The number of nitrogens with zero attached hydrogens (tertiary/aromatic N) is 1. The second-order valence-corrected chi connectivity index (χ2v) is 5.46. The maximum Gasteiger partial charge on any atom is 0.124 e. The van der Waals surface area contributed by atoms with Crippen molar-refractivity contribution in [3.63, 3.8) is 0 Å². The Labute approximate surface area is 118 Å². The number of ether oxygens (including phenoxy) is 1. The Morgan fingerprint density at radius 2 is 2.16 bits per heavy atom. The van der Waals surface area contributed by atoms with E-state index in [0.29, 0.717) is 0 Å². The zero-order valence-corrected chi connectivity index (χ0v) is 12.5. The normalized spacial score (nSPS) is 12.4. The molecular formula is C15H20N2OS. The summed E-state index contributed by atoms with van der Waals surface area (Å²) in [6, 6.07) is 8.25. The van der Waals surface area contributed by atoms with Crippen LogP contribution in [0.1, 0.15) is 35.7 Å². The summed E-state index contributed by atoms with van der Waals surface area (Å²) in [5.74, 6) is 0.939. The van der Waals surface area contributed by atoms with Crippen LogP contribution in [0.3, 0.4) is 0 Å². The minimum atomic E-state index is 0.0815. The van der Waals surface area contributed by atoms with Gasteiger partial charge in [-0.1, -0.05) is 25.1 Å². The highest BCUT2D eigenvalue weighted by atomic mass is 32.1. The minimum absolute atomic E-state index is 0.0815. The summed E-state index contributed by atoms with van der Waals surface area (Å²) in [6.45, 7) is 4.88. The molecule has 0 amide bonds. The number of hydrogen-bond donors (Lipinski definition) is 1. The fraction of sp³-hybridized carbons (Fsp3) is 0.400. The Balaban J connectivity index is 2.32. The van der Waals surface area contributed by atoms with E-state index in [1.807, 2.05) is 32.2 Å². The molecule has 1 aromatic heterocycles. The Hall–Kier alpha value is -1.39. The first-order chi connectivity index (χ1) is 9.26. The highest BCUT2D eigenvalue weighted by molar-refractivity contribution is 7.09. The predicted octanol–water partition coefficient (Wildman–Crippen LogP) is 3.55. The molecule has 0 spiro atoms. The van der Waals surface area contributed by atoms with Crippen LogP contribution < -0.4 is 10.1 Å². The third kappa shape index (κ3) is 3.33. The van der Waals surface area contributed by atoms with Gasteiger partial charge < -0.3 is 10.1 Å². The molecule has 1 heterocycles. The molecule has 3 nitrogen and oxygen atoms in total. The first kappa shape index (κ1) is 14.0. The molecule has 4 heteroatoms. The van der Waals surface area contributed by atoms with Gasteiger partial charge in [0, 0.05) is 10.9 Å². The Bertz CT molecular complexity index is 524. The molecule has 2 aromatic rings. The molecule has 0 bridgehead atoms. The van der Waals surface area contributed by atoms with Gasteiger partial charge in [-0.15, -0.1) is 11.3 Å². The standard InChI is InChI=1S/C15H20N2OS/c1-4-9-18-14-8-6-5-7-12(14)15(16-3)13-10-19-11(2)17-13/h5-8,10,15-16H,4,9H2,1-3H3. The van der Waals surface area contributed by atoms with Crippen molar-refractivity contribution in [3.05, 3.63) is 45.9 Å². The van der Waals surface area contributed by atoms with E-state index in [1.54, 1.807) is 11.3 Å². The van der Waals surface area contributed by atoms with Crippen LogP contribution in [0.4, 0.5) is 0 Å². The van der Waals surface area contributed by atoms with Crippen molar-refractivity contribution in [2.75, 3.05) is 13.7 Å². The molecule has 0 saturated carbocycles. The lowest BCUT2D eigenvalue weighted by Gasteiger charge is -2.18. The highest BCUT2D eigenvalue weighted by Crippen LogP contribution is 2.30. The zero-order valence-electron chi connectivity index (χ0n) is 11.6. The van der Waals surface area contributed by atoms with E-state index in [-0.39, 0.29) is 6.04 Å². The van der Waals surface area contributed by atoms with E-state index in [1.165, 1.54) is 0 Å². The van der Waals surface area contributed by atoms with Crippen molar-refractivity contribution < 1.29 is 4.74 Å². The van der Waals surface area contributed by atoms with Crippen LogP contribution in [0.25, 0.3) is 0 Å². The summed E-state index contributed by atoms with van der Waals surface area (Å²) < 4.78 is 5.83. The summed E-state index contributed by atoms with van der Waals surface area (Å²) in [7, 11) is 1.95. The summed E-state index contributed by atoms with van der Waals surface area (Å²) in [4.78, 5) is 4.58. The molecule has 102 valence electrons. The van der Waals surface area contributed by atoms with Gasteiger partial charge in [0.05, 0.1) is 23.4 Å². The maximum absolute atomic E-state index is 5.83. The van der Waals surface area contributed by atoms with E-state index in [9.17, 15) is 0 Å². The molecule has 1 unspecified atom stereocenters. The fourth-order valence-electron chi connectivity index (χ4n) is 2.04. The Morgan fingerprint density at radius 1 is 1.37 bits per heavy atom. The Kier molecular flexibility index (Phi) is 4.93. The maximum atomic E-state index is 5.83. The molecule has 0 radical (unpaired) electrons. The van der Waals surface area contributed by atoms with E-state index >= 15 is 0 Å². The van der Waals surface area contributed by atoms with Crippen LogP contribution >= 0.6 is 11.3 Å². The molecule has 0 aliphatic rings. The summed E-state index contributed by atoms with van der Waals surface area (Å²) in [6.07, 6.45) is 1.01. The van der Waals surface area contributed by atoms with Gasteiger partial charge in [-0.25, -0.2) is 4.98 Å². The second-order valence-electron chi connectivity index (χ2n) is 4.40. The van der Waals surface area contributed by atoms with Crippen LogP contribution in [-0.2, 0) is 0 Å². The number of aromatic nitrogens is 1. The van der Waals surface area contributed by atoms with Crippen molar-refractivity contribution >= 4 is 11.3 Å². The summed E-state index contributed by atoms with van der Waals surface area (Å²) in [5.41, 5.74) is 2.20. The van der Waals surface area contributed by atoms with Gasteiger partial charge in [0.2, 0.25) is 0 Å². The van der Waals surface area contributed by atoms with Gasteiger partial charge >= 0.3 is 0 Å². The van der Waals surface area contributed by atoms with Gasteiger partial charge in [0.15, 0.2) is 0 Å². The van der Waals surface area contributed by atoms with Crippen LogP contribution in [0.2, 0.25) is 0 Å². The van der Waals surface area contributed by atoms with Crippen molar-refractivity contribution in [2.45, 2.75) is 26.3 Å². The first-order valence-electron chi connectivity index (χ1n) is 6.57. The monoisotopic (exact) mass is 276 g/mol. The quantitative estimate of drug-likeness (QED) is 0.876. The number of benzene rings is 1. The third-order valence-corrected chi connectivity index (χ3v) is 3.70. The fourth-order valence-corrected chi connectivity index (χ4v) is 2.68. The van der Waals surface area contributed by atoms with Crippen molar-refractivity contribution in [3.8, 4) is 5.75 Å². The lowest BCUT2D eigenvalue weighted by atomic mass is 10.0. The number of nitrogens with one attached hydrogen (secondary N) is 1. The average Bonchev–Trinajstić information content (AvgIpc) is 2.85. The molecule has 0 saturated heterocycles. The average molecular weight is 276 g/mol. The smallest absolute Gasteiger partial charge is 0.124 e. The molecule has 1 atom stereocenters. The SMILES string of the molecule is CCCOc1ccccc1C(NC)c1csc(C)n1. The molecule has 1 N–H and O–H groups in total. The van der Waals surface area contributed by atoms with Gasteiger partial charge in [-0.3, -0.25) is 0 Å². The molecule has 0 aliphatic carbocycles. The molecule has 0 aliphatic heterocycles. The van der Waals surface area contributed by atoms with E-state index < -0.39 is 0 Å². The number of para-hydroxylation sites is 1. The minimum Gasteiger partial charge on any atom is -0.493 e. The van der Waals surface area contributed by atoms with E-state index in [2.05, 4.69) is 28.7 Å². The molecular weight excluding hydrogens is 256 g/mol. The molecule has 1 aromatic carbocycles. The molecule has 0 fully saturated rings. The van der Waals surface area contributed by atoms with Gasteiger partial charge in [-0.05, 0) is 26.5 Å². The van der Waals surface area contributed by atoms with Gasteiger partial charge in [0.1, 0.15) is 5.75 Å². The topological polar surface area (TPSA) is 34.1 Å². The van der Waals surface area contributed by atoms with E-state index in [4.69, 9.17) is 4.74 Å². The van der Waals surface area contributed by atoms with Crippen LogP contribution in [-0.4, -0.2) is 18.6 Å². The first-order valence-corrected chi connectivity index (χ1v) is 7.45. The second kappa shape index (κ2) is 6.68. The predicted molar refractivity (Wildman–Crippen MR) is 80.0 cm³/mol. The number of rotatable bonds is 6. The van der Waals surface area contributed by atoms with Crippen LogP contribution in [0, 0.1) is 6.92 Å². The van der Waals surface area contributed by atoms with Gasteiger partial charge in [0.25, 0.3) is 0 Å². The lowest BCUT2D eigenvalue weighted by molar-refractivity contribution is 0.312. The third-order valence-electron chi connectivity index (χ3n) is 2.91. The molecule has 2 rings (SSSR count). The number of hydrogen-bond acceptors (Lipinski definition) is 4. The van der Waals surface area contributed by atoms with E-state index in [0.717, 1.165) is 35.0 Å². The summed E-state index contributed by atoms with van der Waals surface area (Å²) >= 11 is 1.67. The highest BCUT2D eigenvalue weighted by Gasteiger charge is 2.18. The van der Waals surface area contributed by atoms with Crippen molar-refractivity contribution in [1.29, 1.82) is 0 Å². The lowest BCUT2D eigenvalue weighted by Crippen LogP contribution is -2.19. The van der Waals surface area contributed by atoms with Crippen molar-refractivity contribution in [2.24, 2.45) is 0 Å². The molecule has 19 heavy (non-hydrogen) atoms. The largest absolute Gasteiger partial charge is 0.493 e. The van der Waals surface area contributed by atoms with Gasteiger partial charge in [-0.2, -0.15) is 0 Å². The number of thiazole rings is 1. The van der Waals surface area contributed by atoms with Crippen LogP contribution in [0.15, 0.2) is 29.6 Å². The number of aryl methyl sites for hydroxylation is 1. The Morgan fingerprint density at radius 3 is 2.79 bits per heavy atom. The zero-order chi connectivity index (χ0) is 13.7.